The van der Waals surface area contributed by atoms with E-state index in [1.807, 2.05) is 12.1 Å². The number of piperidine rings is 1. The molecule has 1 fully saturated rings. The fourth-order valence-corrected chi connectivity index (χ4v) is 2.78. The summed E-state index contributed by atoms with van der Waals surface area (Å²) in [7, 11) is 0. The Morgan fingerprint density at radius 1 is 1.42 bits per heavy atom. The molecule has 0 radical (unpaired) electrons. The molecular weight excluding hydrogens is 242 g/mol. The number of hydrogen-bond donors (Lipinski definition) is 1. The van der Waals surface area contributed by atoms with Crippen molar-refractivity contribution >= 4 is 5.97 Å². The van der Waals surface area contributed by atoms with E-state index >= 15 is 0 Å². The van der Waals surface area contributed by atoms with Gasteiger partial charge in [-0.25, -0.2) is 0 Å². The van der Waals surface area contributed by atoms with Crippen molar-refractivity contribution < 1.29 is 14.3 Å². The molecule has 106 valence electrons. The Morgan fingerprint density at radius 3 is 2.89 bits per heavy atom. The molecule has 1 unspecified atom stereocenters. The zero-order valence-corrected chi connectivity index (χ0v) is 11.6. The van der Waals surface area contributed by atoms with Crippen LogP contribution in [-0.4, -0.2) is 28.6 Å². The fraction of sp³-hybridized carbons (Fsp3) is 0.667. The van der Waals surface area contributed by atoms with E-state index in [-0.39, 0.29) is 6.42 Å². The summed E-state index contributed by atoms with van der Waals surface area (Å²) < 4.78 is 5.75. The largest absolute Gasteiger partial charge is 0.481 e. The van der Waals surface area contributed by atoms with Gasteiger partial charge in [-0.1, -0.05) is 13.3 Å². The van der Waals surface area contributed by atoms with Crippen LogP contribution in [-0.2, 0) is 17.8 Å². The van der Waals surface area contributed by atoms with Gasteiger partial charge in [-0.15, -0.1) is 0 Å². The lowest BCUT2D eigenvalue weighted by Gasteiger charge is -2.34. The highest BCUT2D eigenvalue weighted by molar-refractivity contribution is 5.66. The number of carboxylic acids is 1. The van der Waals surface area contributed by atoms with Crippen molar-refractivity contribution in [3.63, 3.8) is 0 Å². The van der Waals surface area contributed by atoms with Crippen LogP contribution in [0, 0.1) is 0 Å². The zero-order chi connectivity index (χ0) is 13.7. The lowest BCUT2D eigenvalue weighted by atomic mass is 9.98. The second kappa shape index (κ2) is 6.75. The third-order valence-electron chi connectivity index (χ3n) is 3.87. The van der Waals surface area contributed by atoms with Gasteiger partial charge in [0, 0.05) is 18.9 Å². The number of rotatable bonds is 6. The molecule has 4 heteroatoms. The van der Waals surface area contributed by atoms with Crippen molar-refractivity contribution in [3.05, 3.63) is 23.7 Å². The Balaban J connectivity index is 1.92. The molecule has 1 saturated heterocycles. The number of aryl methyl sites for hydroxylation is 1. The molecule has 4 nitrogen and oxygen atoms in total. The molecule has 0 saturated carbocycles. The van der Waals surface area contributed by atoms with Crippen LogP contribution in [0.4, 0.5) is 0 Å². The summed E-state index contributed by atoms with van der Waals surface area (Å²) in [6.07, 6.45) is 5.44. The summed E-state index contributed by atoms with van der Waals surface area (Å²) in [6.45, 7) is 3.94. The van der Waals surface area contributed by atoms with Gasteiger partial charge < -0.3 is 9.52 Å². The van der Waals surface area contributed by atoms with Gasteiger partial charge in [-0.3, -0.25) is 9.69 Å². The quantitative estimate of drug-likeness (QED) is 0.859. The normalized spacial score (nSPS) is 20.6. The van der Waals surface area contributed by atoms with E-state index in [0.717, 1.165) is 43.9 Å². The Kier molecular flexibility index (Phi) is 5.02. The van der Waals surface area contributed by atoms with Crippen LogP contribution < -0.4 is 0 Å². The number of nitrogens with zero attached hydrogens (tertiary/aromatic N) is 1. The molecule has 19 heavy (non-hydrogen) atoms. The van der Waals surface area contributed by atoms with Crippen molar-refractivity contribution in [1.29, 1.82) is 0 Å². The van der Waals surface area contributed by atoms with Crippen LogP contribution in [0.25, 0.3) is 0 Å². The van der Waals surface area contributed by atoms with Crippen molar-refractivity contribution in [2.75, 3.05) is 6.54 Å². The maximum atomic E-state index is 10.7. The molecular formula is C15H23NO3. The van der Waals surface area contributed by atoms with Crippen LogP contribution in [0.5, 0.6) is 0 Å². The summed E-state index contributed by atoms with van der Waals surface area (Å²) >= 11 is 0. The average molecular weight is 265 g/mol. The Bertz CT molecular complexity index is 413. The monoisotopic (exact) mass is 265 g/mol. The molecule has 0 amide bonds. The van der Waals surface area contributed by atoms with Gasteiger partial charge in [-0.05, 0) is 37.9 Å². The molecule has 0 aliphatic carbocycles. The van der Waals surface area contributed by atoms with E-state index in [4.69, 9.17) is 9.52 Å². The molecule has 1 aliphatic rings. The molecule has 2 rings (SSSR count). The summed E-state index contributed by atoms with van der Waals surface area (Å²) in [6, 6.07) is 4.47. The highest BCUT2D eigenvalue weighted by atomic mass is 16.4. The minimum atomic E-state index is -0.697. The number of furan rings is 1. The van der Waals surface area contributed by atoms with Gasteiger partial charge >= 0.3 is 5.97 Å². The zero-order valence-electron chi connectivity index (χ0n) is 11.6. The van der Waals surface area contributed by atoms with Crippen molar-refractivity contribution in [1.82, 2.24) is 4.90 Å². The molecule has 1 aliphatic heterocycles. The lowest BCUT2D eigenvalue weighted by molar-refractivity contribution is -0.137. The smallest absolute Gasteiger partial charge is 0.303 e. The van der Waals surface area contributed by atoms with E-state index in [1.54, 1.807) is 0 Å². The first-order valence-electron chi connectivity index (χ1n) is 7.22. The number of aliphatic carboxylic acids is 1. The Hall–Kier alpha value is -1.29. The van der Waals surface area contributed by atoms with Crippen molar-refractivity contribution in [3.8, 4) is 0 Å². The number of carboxylic acid groups (broad SMARTS) is 1. The summed E-state index contributed by atoms with van der Waals surface area (Å²) in [5.74, 6) is 1.32. The van der Waals surface area contributed by atoms with E-state index in [1.165, 1.54) is 12.8 Å². The first kappa shape index (κ1) is 14.1. The minimum Gasteiger partial charge on any atom is -0.481 e. The molecule has 1 aromatic rings. The Labute approximate surface area is 114 Å². The van der Waals surface area contributed by atoms with E-state index in [0.29, 0.717) is 6.04 Å². The predicted molar refractivity (Wildman–Crippen MR) is 73.0 cm³/mol. The average Bonchev–Trinajstić information content (AvgIpc) is 2.85. The SMILES string of the molecule is CCc1ccc(CN2CCCCC2CCC(=O)O)o1. The summed E-state index contributed by atoms with van der Waals surface area (Å²) in [5.41, 5.74) is 0. The van der Waals surface area contributed by atoms with Crippen LogP contribution >= 0.6 is 0 Å². The van der Waals surface area contributed by atoms with Gasteiger partial charge in [0.2, 0.25) is 0 Å². The molecule has 2 heterocycles. The highest BCUT2D eigenvalue weighted by Crippen LogP contribution is 2.23. The first-order chi connectivity index (χ1) is 9.19. The van der Waals surface area contributed by atoms with Crippen LogP contribution in [0.2, 0.25) is 0 Å². The third-order valence-corrected chi connectivity index (χ3v) is 3.87. The van der Waals surface area contributed by atoms with Gasteiger partial charge in [-0.2, -0.15) is 0 Å². The van der Waals surface area contributed by atoms with Crippen LogP contribution in [0.15, 0.2) is 16.5 Å². The first-order valence-corrected chi connectivity index (χ1v) is 7.22. The van der Waals surface area contributed by atoms with E-state index in [2.05, 4.69) is 11.8 Å². The second-order valence-corrected chi connectivity index (χ2v) is 5.27. The second-order valence-electron chi connectivity index (χ2n) is 5.27. The Morgan fingerprint density at radius 2 is 2.21 bits per heavy atom. The molecule has 1 aromatic heterocycles. The maximum Gasteiger partial charge on any atom is 0.303 e. The molecule has 1 N–H and O–H groups in total. The maximum absolute atomic E-state index is 10.7. The van der Waals surface area contributed by atoms with Crippen molar-refractivity contribution in [2.24, 2.45) is 0 Å². The standard InChI is InChI=1S/C15H23NO3/c1-2-13-7-8-14(19-13)11-16-10-4-3-5-12(16)6-9-15(17)18/h7-8,12H,2-6,9-11H2,1H3,(H,17,18). The number of likely N-dealkylation sites (tertiary alicyclic amines) is 1. The van der Waals surface area contributed by atoms with E-state index < -0.39 is 5.97 Å². The van der Waals surface area contributed by atoms with Crippen molar-refractivity contribution in [2.45, 2.75) is 58.0 Å². The topological polar surface area (TPSA) is 53.7 Å². The van der Waals surface area contributed by atoms with Gasteiger partial charge in [0.05, 0.1) is 6.54 Å². The third kappa shape index (κ3) is 4.10. The van der Waals surface area contributed by atoms with Crippen LogP contribution in [0.1, 0.15) is 50.5 Å². The molecule has 0 aromatic carbocycles. The summed E-state index contributed by atoms with van der Waals surface area (Å²) in [4.78, 5) is 13.1. The molecule has 1 atom stereocenters. The predicted octanol–water partition coefficient (Wildman–Crippen LogP) is 3.06. The summed E-state index contributed by atoms with van der Waals surface area (Å²) in [5, 5.41) is 8.82. The lowest BCUT2D eigenvalue weighted by Crippen LogP contribution is -2.39. The van der Waals surface area contributed by atoms with Gasteiger partial charge in [0.15, 0.2) is 0 Å². The fourth-order valence-electron chi connectivity index (χ4n) is 2.78. The van der Waals surface area contributed by atoms with Gasteiger partial charge in [0.1, 0.15) is 11.5 Å². The van der Waals surface area contributed by atoms with Crippen LogP contribution in [0.3, 0.4) is 0 Å². The minimum absolute atomic E-state index is 0.263. The molecule has 0 spiro atoms. The number of carbonyl (C=O) groups is 1. The van der Waals surface area contributed by atoms with E-state index in [9.17, 15) is 4.79 Å². The highest BCUT2D eigenvalue weighted by Gasteiger charge is 2.23. The molecule has 0 bridgehead atoms. The van der Waals surface area contributed by atoms with Gasteiger partial charge in [0.25, 0.3) is 0 Å². The number of hydrogen-bond acceptors (Lipinski definition) is 3.